The summed E-state index contributed by atoms with van der Waals surface area (Å²) in [7, 11) is 0. The fraction of sp³-hybridized carbons (Fsp3) is 1.00. The Bertz CT molecular complexity index is 153. The van der Waals surface area contributed by atoms with Crippen LogP contribution in [0.1, 0.15) is 53.4 Å². The predicted molar refractivity (Wildman–Crippen MR) is 60.6 cm³/mol. The minimum absolute atomic E-state index is 0.520. The maximum atomic E-state index is 9.74. The Morgan fingerprint density at radius 1 is 1.14 bits per heavy atom. The third-order valence-corrected chi connectivity index (χ3v) is 3.46. The second-order valence-electron chi connectivity index (χ2n) is 4.04. The van der Waals surface area contributed by atoms with Crippen molar-refractivity contribution in [2.45, 2.75) is 64.0 Å². The first-order valence-corrected chi connectivity index (χ1v) is 5.82. The number of alkyl halides is 1. The molecule has 0 amide bonds. The first-order chi connectivity index (χ1) is 6.39. The molecule has 14 heavy (non-hydrogen) atoms. The molecule has 0 rings (SSSR count). The van der Waals surface area contributed by atoms with Crippen molar-refractivity contribution in [3.8, 4) is 0 Å². The topological polar surface area (TPSA) is 29.5 Å². The zero-order valence-electron chi connectivity index (χ0n) is 9.77. The second kappa shape index (κ2) is 5.94. The summed E-state index contributed by atoms with van der Waals surface area (Å²) in [5.41, 5.74) is -0.626. The van der Waals surface area contributed by atoms with Crippen LogP contribution < -0.4 is 0 Å². The fourth-order valence-electron chi connectivity index (χ4n) is 1.08. The normalized spacial score (nSPS) is 16.7. The fourth-order valence-corrected chi connectivity index (χ4v) is 1.16. The van der Waals surface area contributed by atoms with E-state index in [0.717, 1.165) is 19.3 Å². The largest absolute Gasteiger partial charge is 0.390 e. The van der Waals surface area contributed by atoms with E-state index < -0.39 is 10.7 Å². The Labute approximate surface area is 92.6 Å². The highest BCUT2D eigenvalue weighted by Gasteiger charge is 2.25. The lowest BCUT2D eigenvalue weighted by molar-refractivity contribution is -0.0319. The molecule has 0 bridgehead atoms. The van der Waals surface area contributed by atoms with E-state index in [9.17, 15) is 5.11 Å². The predicted octanol–water partition coefficient (Wildman–Crippen LogP) is 3.31. The highest BCUT2D eigenvalue weighted by Crippen LogP contribution is 2.26. The molecule has 0 aromatic rings. The second-order valence-corrected chi connectivity index (χ2v) is 4.73. The van der Waals surface area contributed by atoms with Crippen molar-refractivity contribution in [2.24, 2.45) is 0 Å². The molecular weight excluding hydrogens is 200 g/mol. The van der Waals surface area contributed by atoms with Gasteiger partial charge in [-0.05, 0) is 32.6 Å². The maximum Gasteiger partial charge on any atom is 0.141 e. The monoisotopic (exact) mass is 222 g/mol. The molecule has 3 heteroatoms. The Hall–Kier alpha value is 0.210. The standard InChI is InChI=1S/C11H23ClO2/c1-5-10(4,13)8-9-14-11(12,6-2)7-3/h13H,5-9H2,1-4H3. The summed E-state index contributed by atoms with van der Waals surface area (Å²) >= 11 is 6.18. The third kappa shape index (κ3) is 5.18. The first kappa shape index (κ1) is 14.2. The van der Waals surface area contributed by atoms with Gasteiger partial charge >= 0.3 is 0 Å². The zero-order valence-corrected chi connectivity index (χ0v) is 10.5. The molecule has 0 aliphatic heterocycles. The molecule has 0 radical (unpaired) electrons. The van der Waals surface area contributed by atoms with Gasteiger partial charge in [0.15, 0.2) is 0 Å². The van der Waals surface area contributed by atoms with E-state index in [0.29, 0.717) is 13.0 Å². The summed E-state index contributed by atoms with van der Waals surface area (Å²) in [5, 5.41) is 9.20. The van der Waals surface area contributed by atoms with Crippen LogP contribution in [0.15, 0.2) is 0 Å². The molecule has 86 valence electrons. The van der Waals surface area contributed by atoms with E-state index in [4.69, 9.17) is 16.3 Å². The van der Waals surface area contributed by atoms with Gasteiger partial charge < -0.3 is 9.84 Å². The van der Waals surface area contributed by atoms with Crippen LogP contribution in [-0.2, 0) is 4.74 Å². The van der Waals surface area contributed by atoms with E-state index >= 15 is 0 Å². The number of aliphatic hydroxyl groups is 1. The molecule has 0 saturated heterocycles. The van der Waals surface area contributed by atoms with Crippen molar-refractivity contribution in [3.63, 3.8) is 0 Å². The van der Waals surface area contributed by atoms with Gasteiger partial charge in [0, 0.05) is 0 Å². The first-order valence-electron chi connectivity index (χ1n) is 5.44. The summed E-state index contributed by atoms with van der Waals surface area (Å²) in [4.78, 5) is 0. The van der Waals surface area contributed by atoms with Crippen molar-refractivity contribution in [1.82, 2.24) is 0 Å². The lowest BCUT2D eigenvalue weighted by atomic mass is 10.0. The van der Waals surface area contributed by atoms with Gasteiger partial charge in [0.2, 0.25) is 0 Å². The summed E-state index contributed by atoms with van der Waals surface area (Å²) < 4.78 is 5.57. The van der Waals surface area contributed by atoms with Gasteiger partial charge in [0.25, 0.3) is 0 Å². The molecule has 0 heterocycles. The van der Waals surface area contributed by atoms with Gasteiger partial charge in [-0.25, -0.2) is 0 Å². The molecule has 1 atom stereocenters. The van der Waals surface area contributed by atoms with E-state index in [2.05, 4.69) is 0 Å². The number of hydrogen-bond acceptors (Lipinski definition) is 2. The molecule has 1 N–H and O–H groups in total. The molecule has 0 aliphatic carbocycles. The number of rotatable bonds is 7. The van der Waals surface area contributed by atoms with Gasteiger partial charge in [0.1, 0.15) is 5.06 Å². The Morgan fingerprint density at radius 3 is 2.00 bits per heavy atom. The van der Waals surface area contributed by atoms with Gasteiger partial charge in [-0.15, -0.1) is 0 Å². The van der Waals surface area contributed by atoms with Crippen molar-refractivity contribution >= 4 is 11.6 Å². The highest BCUT2D eigenvalue weighted by atomic mass is 35.5. The third-order valence-electron chi connectivity index (χ3n) is 2.82. The Kier molecular flexibility index (Phi) is 6.03. The number of hydrogen-bond donors (Lipinski definition) is 1. The van der Waals surface area contributed by atoms with Gasteiger partial charge in [0.05, 0.1) is 12.2 Å². The van der Waals surface area contributed by atoms with Crippen LogP contribution in [0, 0.1) is 0 Å². The number of halogens is 1. The van der Waals surface area contributed by atoms with E-state index in [1.54, 1.807) is 0 Å². The molecular formula is C11H23ClO2. The van der Waals surface area contributed by atoms with E-state index in [1.807, 2.05) is 27.7 Å². The molecule has 2 nitrogen and oxygen atoms in total. The molecule has 0 aromatic heterocycles. The molecule has 0 aromatic carbocycles. The SMILES string of the molecule is CCC(C)(O)CCOC(Cl)(CC)CC. The van der Waals surface area contributed by atoms with Crippen LogP contribution in [-0.4, -0.2) is 22.4 Å². The summed E-state index contributed by atoms with van der Waals surface area (Å²) in [6, 6.07) is 0. The van der Waals surface area contributed by atoms with Crippen molar-refractivity contribution < 1.29 is 9.84 Å². The molecule has 0 fully saturated rings. The maximum absolute atomic E-state index is 9.74. The Morgan fingerprint density at radius 2 is 1.64 bits per heavy atom. The van der Waals surface area contributed by atoms with Gasteiger partial charge in [-0.3, -0.25) is 0 Å². The van der Waals surface area contributed by atoms with Gasteiger partial charge in [-0.1, -0.05) is 32.4 Å². The molecule has 0 aliphatic rings. The molecule has 0 spiro atoms. The van der Waals surface area contributed by atoms with Crippen LogP contribution in [0.2, 0.25) is 0 Å². The highest BCUT2D eigenvalue weighted by molar-refractivity contribution is 6.22. The van der Waals surface area contributed by atoms with E-state index in [1.165, 1.54) is 0 Å². The lowest BCUT2D eigenvalue weighted by Crippen LogP contribution is -2.29. The summed E-state index contributed by atoms with van der Waals surface area (Å²) in [6.07, 6.45) is 2.96. The van der Waals surface area contributed by atoms with Crippen molar-refractivity contribution in [2.75, 3.05) is 6.61 Å². The number of ether oxygens (including phenoxy) is 1. The average molecular weight is 223 g/mol. The molecule has 1 unspecified atom stereocenters. The van der Waals surface area contributed by atoms with Crippen LogP contribution >= 0.6 is 11.6 Å². The van der Waals surface area contributed by atoms with Crippen LogP contribution in [0.25, 0.3) is 0 Å². The van der Waals surface area contributed by atoms with Crippen molar-refractivity contribution in [3.05, 3.63) is 0 Å². The van der Waals surface area contributed by atoms with Gasteiger partial charge in [-0.2, -0.15) is 0 Å². The lowest BCUT2D eigenvalue weighted by Gasteiger charge is -2.27. The van der Waals surface area contributed by atoms with E-state index in [-0.39, 0.29) is 0 Å². The van der Waals surface area contributed by atoms with Crippen LogP contribution in [0.5, 0.6) is 0 Å². The minimum atomic E-state index is -0.626. The Balaban J connectivity index is 3.83. The minimum Gasteiger partial charge on any atom is -0.390 e. The average Bonchev–Trinajstić information content (AvgIpc) is 2.17. The summed E-state index contributed by atoms with van der Waals surface area (Å²) in [5.74, 6) is 0. The molecule has 0 saturated carbocycles. The van der Waals surface area contributed by atoms with Crippen LogP contribution in [0.4, 0.5) is 0 Å². The smallest absolute Gasteiger partial charge is 0.141 e. The van der Waals surface area contributed by atoms with Crippen LogP contribution in [0.3, 0.4) is 0 Å². The quantitative estimate of drug-likeness (QED) is 0.670. The zero-order chi connectivity index (χ0) is 11.2. The van der Waals surface area contributed by atoms with Crippen molar-refractivity contribution in [1.29, 1.82) is 0 Å². The summed E-state index contributed by atoms with van der Waals surface area (Å²) in [6.45, 7) is 8.33.